The summed E-state index contributed by atoms with van der Waals surface area (Å²) in [4.78, 5) is 11.5. The lowest BCUT2D eigenvalue weighted by Gasteiger charge is -1.91. The molecule has 1 aliphatic rings. The number of nitrogens with zero attached hydrogens (tertiary/aromatic N) is 3. The summed E-state index contributed by atoms with van der Waals surface area (Å²) in [7, 11) is 0. The normalized spacial score (nSPS) is 17.4. The summed E-state index contributed by atoms with van der Waals surface area (Å²) in [6.45, 7) is 1.86. The highest BCUT2D eigenvalue weighted by Gasteiger charge is 2.25. The molecule has 0 aromatic carbocycles. The molecule has 0 bridgehead atoms. The van der Waals surface area contributed by atoms with Crippen LogP contribution >= 0.6 is 0 Å². The van der Waals surface area contributed by atoms with Crippen molar-refractivity contribution in [2.75, 3.05) is 0 Å². The molecule has 0 unspecified atom stereocenters. The minimum absolute atomic E-state index is 0.0319. The molecule has 1 aromatic rings. The van der Waals surface area contributed by atoms with Gasteiger partial charge in [-0.05, 0) is 19.8 Å². The highest BCUT2D eigenvalue weighted by Crippen LogP contribution is 2.32. The van der Waals surface area contributed by atoms with Crippen LogP contribution in [-0.4, -0.2) is 14.3 Å². The molecule has 0 spiro atoms. The van der Waals surface area contributed by atoms with Crippen LogP contribution in [0.15, 0.2) is 17.2 Å². The lowest BCUT2D eigenvalue weighted by Crippen LogP contribution is -2.20. The molecule has 0 N–H and O–H groups in total. The fourth-order valence-corrected chi connectivity index (χ4v) is 1.17. The number of hydrogen-bond donors (Lipinski definition) is 0. The van der Waals surface area contributed by atoms with Crippen LogP contribution in [-0.2, 0) is 0 Å². The summed E-state index contributed by atoms with van der Waals surface area (Å²) in [5.41, 5.74) is -0.0319. The van der Waals surface area contributed by atoms with Crippen molar-refractivity contribution < 1.29 is 0 Å². The van der Waals surface area contributed by atoms with E-state index in [1.807, 2.05) is 6.92 Å². The molecule has 1 heterocycles. The van der Waals surface area contributed by atoms with E-state index in [0.29, 0.717) is 6.04 Å². The molecule has 0 radical (unpaired) electrons. The van der Waals surface area contributed by atoms with Gasteiger partial charge in [0.1, 0.15) is 6.33 Å². The third-order valence-corrected chi connectivity index (χ3v) is 1.95. The molecule has 1 fully saturated rings. The molecule has 2 rings (SSSR count). The Hall–Kier alpha value is -1.32. The van der Waals surface area contributed by atoms with E-state index in [1.165, 1.54) is 4.68 Å². The fourth-order valence-electron chi connectivity index (χ4n) is 1.17. The molecule has 1 saturated carbocycles. The second-order valence-electron chi connectivity index (χ2n) is 2.98. The van der Waals surface area contributed by atoms with Gasteiger partial charge in [-0.25, -0.2) is 4.79 Å². The Bertz CT molecular complexity index is 357. The van der Waals surface area contributed by atoms with Gasteiger partial charge >= 0.3 is 5.69 Å². The first-order valence-corrected chi connectivity index (χ1v) is 4.11. The van der Waals surface area contributed by atoms with Gasteiger partial charge in [0, 0.05) is 12.2 Å². The number of rotatable bonds is 2. The van der Waals surface area contributed by atoms with Gasteiger partial charge in [-0.15, -0.1) is 0 Å². The minimum Gasteiger partial charge on any atom is -0.278 e. The highest BCUT2D eigenvalue weighted by molar-refractivity contribution is 5.16. The zero-order valence-corrected chi connectivity index (χ0v) is 6.97. The summed E-state index contributed by atoms with van der Waals surface area (Å²) in [6, 6.07) is 0.413. The van der Waals surface area contributed by atoms with Gasteiger partial charge in [0.15, 0.2) is 0 Å². The molecule has 4 nitrogen and oxygen atoms in total. The Kier molecular flexibility index (Phi) is 1.60. The van der Waals surface area contributed by atoms with Crippen LogP contribution in [0.3, 0.4) is 0 Å². The Morgan fingerprint density at radius 3 is 3.00 bits per heavy atom. The van der Waals surface area contributed by atoms with E-state index in [2.05, 4.69) is 5.10 Å². The largest absolute Gasteiger partial charge is 0.350 e. The van der Waals surface area contributed by atoms with Crippen molar-refractivity contribution in [3.63, 3.8) is 0 Å². The zero-order valence-electron chi connectivity index (χ0n) is 6.97. The topological polar surface area (TPSA) is 39.8 Å². The van der Waals surface area contributed by atoms with E-state index >= 15 is 0 Å². The molecular formula is C8H11N3O. The third kappa shape index (κ3) is 1.09. The fraction of sp³-hybridized carbons (Fsp3) is 0.500. The van der Waals surface area contributed by atoms with Gasteiger partial charge in [0.2, 0.25) is 0 Å². The maximum absolute atomic E-state index is 11.5. The van der Waals surface area contributed by atoms with Crippen molar-refractivity contribution in [2.24, 2.45) is 0 Å². The lowest BCUT2D eigenvalue weighted by atomic mass is 10.7. The molecule has 1 aliphatic carbocycles. The monoisotopic (exact) mass is 165 g/mol. The first-order valence-electron chi connectivity index (χ1n) is 4.11. The van der Waals surface area contributed by atoms with Crippen LogP contribution in [0.1, 0.15) is 25.8 Å². The first-order chi connectivity index (χ1) is 5.83. The van der Waals surface area contributed by atoms with Gasteiger partial charge in [0.05, 0.1) is 0 Å². The Labute approximate surface area is 70.1 Å². The van der Waals surface area contributed by atoms with E-state index in [4.69, 9.17) is 0 Å². The van der Waals surface area contributed by atoms with Crippen molar-refractivity contribution in [3.8, 4) is 0 Å². The maximum Gasteiger partial charge on any atom is 0.350 e. The van der Waals surface area contributed by atoms with Crippen molar-refractivity contribution in [1.82, 2.24) is 14.3 Å². The first kappa shape index (κ1) is 7.34. The van der Waals surface area contributed by atoms with Gasteiger partial charge in [0.25, 0.3) is 0 Å². The van der Waals surface area contributed by atoms with E-state index in [-0.39, 0.29) is 5.69 Å². The Morgan fingerprint density at radius 1 is 1.67 bits per heavy atom. The van der Waals surface area contributed by atoms with E-state index in [1.54, 1.807) is 23.2 Å². The molecule has 0 saturated heterocycles. The van der Waals surface area contributed by atoms with E-state index in [9.17, 15) is 4.79 Å². The van der Waals surface area contributed by atoms with E-state index < -0.39 is 0 Å². The Morgan fingerprint density at radius 2 is 2.42 bits per heavy atom. The summed E-state index contributed by atoms with van der Waals surface area (Å²) >= 11 is 0. The third-order valence-electron chi connectivity index (χ3n) is 1.95. The number of hydrogen-bond acceptors (Lipinski definition) is 2. The highest BCUT2D eigenvalue weighted by atomic mass is 16.2. The minimum atomic E-state index is -0.0319. The van der Waals surface area contributed by atoms with Crippen LogP contribution in [0.2, 0.25) is 0 Å². The summed E-state index contributed by atoms with van der Waals surface area (Å²) in [5, 5.41) is 3.95. The molecule has 12 heavy (non-hydrogen) atoms. The van der Waals surface area contributed by atoms with Gasteiger partial charge in [-0.3, -0.25) is 4.57 Å². The zero-order chi connectivity index (χ0) is 8.55. The van der Waals surface area contributed by atoms with Crippen LogP contribution in [0, 0.1) is 0 Å². The number of aromatic nitrogens is 3. The van der Waals surface area contributed by atoms with Gasteiger partial charge < -0.3 is 0 Å². The average molecular weight is 165 g/mol. The van der Waals surface area contributed by atoms with Gasteiger partial charge in [-0.1, -0.05) is 6.08 Å². The van der Waals surface area contributed by atoms with Crippen LogP contribution in [0.25, 0.3) is 6.20 Å². The molecule has 1 aromatic heterocycles. The second-order valence-corrected chi connectivity index (χ2v) is 2.98. The SMILES string of the molecule is C/C=C\n1ncn(C2CC2)c1=O. The van der Waals surface area contributed by atoms with E-state index in [0.717, 1.165) is 12.8 Å². The molecule has 64 valence electrons. The van der Waals surface area contributed by atoms with Crippen molar-refractivity contribution in [2.45, 2.75) is 25.8 Å². The van der Waals surface area contributed by atoms with Crippen molar-refractivity contribution >= 4 is 6.20 Å². The van der Waals surface area contributed by atoms with Crippen molar-refractivity contribution in [1.29, 1.82) is 0 Å². The standard InChI is InChI=1S/C8H11N3O/c1-2-5-11-8(12)10(6-9-11)7-3-4-7/h2,5-7H,3-4H2,1H3/b5-2-. The number of allylic oxidation sites excluding steroid dienone is 1. The molecule has 4 heteroatoms. The summed E-state index contributed by atoms with van der Waals surface area (Å²) < 4.78 is 3.05. The van der Waals surface area contributed by atoms with Crippen LogP contribution < -0.4 is 5.69 Å². The molecule has 0 aliphatic heterocycles. The average Bonchev–Trinajstić information content (AvgIpc) is 2.82. The summed E-state index contributed by atoms with van der Waals surface area (Å²) in [5.74, 6) is 0. The predicted molar refractivity (Wildman–Crippen MR) is 45.8 cm³/mol. The van der Waals surface area contributed by atoms with Gasteiger partial charge in [-0.2, -0.15) is 9.78 Å². The summed E-state index contributed by atoms with van der Waals surface area (Å²) in [6.07, 6.45) is 7.30. The molecular weight excluding hydrogens is 154 g/mol. The lowest BCUT2D eigenvalue weighted by molar-refractivity contribution is 0.700. The smallest absolute Gasteiger partial charge is 0.278 e. The maximum atomic E-state index is 11.5. The van der Waals surface area contributed by atoms with Crippen LogP contribution in [0.4, 0.5) is 0 Å². The van der Waals surface area contributed by atoms with Crippen LogP contribution in [0.5, 0.6) is 0 Å². The molecule has 0 amide bonds. The van der Waals surface area contributed by atoms with Crippen molar-refractivity contribution in [3.05, 3.63) is 22.9 Å². The quantitative estimate of drug-likeness (QED) is 0.652. The molecule has 0 atom stereocenters. The second kappa shape index (κ2) is 2.62. The Balaban J connectivity index is 2.40. The predicted octanol–water partition coefficient (Wildman–Crippen LogP) is 0.870.